The summed E-state index contributed by atoms with van der Waals surface area (Å²) in [5.41, 5.74) is 1.18. The van der Waals surface area contributed by atoms with Crippen molar-refractivity contribution in [1.29, 1.82) is 0 Å². The lowest BCUT2D eigenvalue weighted by atomic mass is 10.2. The molecule has 2 aromatic rings. The summed E-state index contributed by atoms with van der Waals surface area (Å²) in [5, 5.41) is 3.40. The summed E-state index contributed by atoms with van der Waals surface area (Å²) >= 11 is 1.54. The maximum atomic E-state index is 11.8. The number of carbonyl (C=O) groups excluding carboxylic acids is 1. The van der Waals surface area contributed by atoms with Gasteiger partial charge in [-0.1, -0.05) is 35.5 Å². The predicted octanol–water partition coefficient (Wildman–Crippen LogP) is 2.74. The van der Waals surface area contributed by atoms with Gasteiger partial charge < -0.3 is 9.26 Å². The van der Waals surface area contributed by atoms with Gasteiger partial charge in [0.05, 0.1) is 5.25 Å². The normalized spacial score (nSPS) is 12.1. The van der Waals surface area contributed by atoms with Gasteiger partial charge in [0, 0.05) is 5.75 Å². The number of hydrogen-bond acceptors (Lipinski definition) is 6. The zero-order valence-corrected chi connectivity index (χ0v) is 12.2. The third kappa shape index (κ3) is 4.38. The Labute approximate surface area is 121 Å². The van der Waals surface area contributed by atoms with Crippen molar-refractivity contribution in [3.8, 4) is 0 Å². The first-order chi connectivity index (χ1) is 9.65. The van der Waals surface area contributed by atoms with Gasteiger partial charge in [0.15, 0.2) is 12.4 Å². The third-order valence-corrected chi connectivity index (χ3v) is 3.77. The molecule has 0 saturated heterocycles. The lowest BCUT2D eigenvalue weighted by Gasteiger charge is -2.10. The molecule has 106 valence electrons. The van der Waals surface area contributed by atoms with Crippen LogP contribution in [0, 0.1) is 6.92 Å². The van der Waals surface area contributed by atoms with Crippen molar-refractivity contribution in [2.45, 2.75) is 31.5 Å². The Hall–Kier alpha value is -1.82. The molecule has 0 aliphatic rings. The van der Waals surface area contributed by atoms with Crippen molar-refractivity contribution in [2.24, 2.45) is 0 Å². The SMILES string of the molecule is Cc1noc(COC(=O)C(C)SCc2ccccc2)n1. The summed E-state index contributed by atoms with van der Waals surface area (Å²) in [6, 6.07) is 10.0. The van der Waals surface area contributed by atoms with Gasteiger partial charge in [-0.25, -0.2) is 0 Å². The Balaban J connectivity index is 1.74. The fourth-order valence-corrected chi connectivity index (χ4v) is 2.35. The highest BCUT2D eigenvalue weighted by Gasteiger charge is 2.16. The summed E-state index contributed by atoms with van der Waals surface area (Å²) in [7, 11) is 0. The smallest absolute Gasteiger partial charge is 0.319 e. The molecule has 0 fully saturated rings. The molecule has 0 saturated carbocycles. The second-order valence-corrected chi connectivity index (χ2v) is 5.61. The van der Waals surface area contributed by atoms with Gasteiger partial charge in [-0.05, 0) is 19.4 Å². The molecule has 0 N–H and O–H groups in total. The van der Waals surface area contributed by atoms with E-state index < -0.39 is 0 Å². The standard InChI is InChI=1S/C14H16N2O3S/c1-10(20-9-12-6-4-3-5-7-12)14(17)18-8-13-15-11(2)16-19-13/h3-7,10H,8-9H2,1-2H3. The highest BCUT2D eigenvalue weighted by atomic mass is 32.2. The van der Waals surface area contributed by atoms with E-state index in [9.17, 15) is 4.79 Å². The molecular formula is C14H16N2O3S. The highest BCUT2D eigenvalue weighted by molar-refractivity contribution is 7.99. The zero-order chi connectivity index (χ0) is 14.4. The molecule has 1 aromatic carbocycles. The molecule has 0 aliphatic carbocycles. The first-order valence-electron chi connectivity index (χ1n) is 6.26. The third-order valence-electron chi connectivity index (χ3n) is 2.58. The average Bonchev–Trinajstić information content (AvgIpc) is 2.89. The monoisotopic (exact) mass is 292 g/mol. The van der Waals surface area contributed by atoms with Crippen LogP contribution < -0.4 is 0 Å². The minimum Gasteiger partial charge on any atom is -0.455 e. The van der Waals surface area contributed by atoms with E-state index in [2.05, 4.69) is 10.1 Å². The van der Waals surface area contributed by atoms with Crippen molar-refractivity contribution in [1.82, 2.24) is 10.1 Å². The molecule has 6 heteroatoms. The number of thioether (sulfide) groups is 1. The summed E-state index contributed by atoms with van der Waals surface area (Å²) < 4.78 is 10.0. The zero-order valence-electron chi connectivity index (χ0n) is 11.4. The average molecular weight is 292 g/mol. The summed E-state index contributed by atoms with van der Waals surface area (Å²) in [6.07, 6.45) is 0. The molecule has 0 spiro atoms. The Morgan fingerprint density at radius 3 is 2.80 bits per heavy atom. The van der Waals surface area contributed by atoms with E-state index in [1.807, 2.05) is 37.3 Å². The molecule has 1 atom stereocenters. The summed E-state index contributed by atoms with van der Waals surface area (Å²) in [5.74, 6) is 1.34. The van der Waals surface area contributed by atoms with Gasteiger partial charge in [-0.2, -0.15) is 4.98 Å². The van der Waals surface area contributed by atoms with Crippen molar-refractivity contribution in [3.63, 3.8) is 0 Å². The molecule has 0 bridgehead atoms. The maximum Gasteiger partial charge on any atom is 0.319 e. The van der Waals surface area contributed by atoms with Crippen molar-refractivity contribution >= 4 is 17.7 Å². The summed E-state index contributed by atoms with van der Waals surface area (Å²) in [4.78, 5) is 15.8. The molecule has 0 amide bonds. The van der Waals surface area contributed by atoms with Crippen LogP contribution in [-0.4, -0.2) is 21.4 Å². The van der Waals surface area contributed by atoms with Gasteiger partial charge in [0.2, 0.25) is 0 Å². The van der Waals surface area contributed by atoms with E-state index in [-0.39, 0.29) is 17.8 Å². The Morgan fingerprint density at radius 1 is 1.40 bits per heavy atom. The minimum absolute atomic E-state index is 0.0237. The quantitative estimate of drug-likeness (QED) is 0.763. The van der Waals surface area contributed by atoms with E-state index in [0.29, 0.717) is 11.7 Å². The van der Waals surface area contributed by atoms with Crippen LogP contribution in [-0.2, 0) is 21.9 Å². The predicted molar refractivity (Wildman–Crippen MR) is 76.0 cm³/mol. The molecule has 1 unspecified atom stereocenters. The maximum absolute atomic E-state index is 11.8. The molecule has 5 nitrogen and oxygen atoms in total. The number of hydrogen-bond donors (Lipinski definition) is 0. The van der Waals surface area contributed by atoms with E-state index in [1.54, 1.807) is 6.92 Å². The van der Waals surface area contributed by atoms with Crippen LogP contribution in [0.2, 0.25) is 0 Å². The van der Waals surface area contributed by atoms with Gasteiger partial charge in [-0.15, -0.1) is 11.8 Å². The van der Waals surface area contributed by atoms with Gasteiger partial charge >= 0.3 is 5.97 Å². The van der Waals surface area contributed by atoms with Crippen molar-refractivity contribution in [2.75, 3.05) is 0 Å². The van der Waals surface area contributed by atoms with Crippen molar-refractivity contribution < 1.29 is 14.1 Å². The Morgan fingerprint density at radius 2 is 2.15 bits per heavy atom. The molecule has 0 aliphatic heterocycles. The number of carbonyl (C=O) groups is 1. The number of benzene rings is 1. The number of esters is 1. The van der Waals surface area contributed by atoms with Crippen LogP contribution in [0.4, 0.5) is 0 Å². The van der Waals surface area contributed by atoms with Crippen LogP contribution >= 0.6 is 11.8 Å². The minimum atomic E-state index is -0.276. The molecule has 2 rings (SSSR count). The van der Waals surface area contributed by atoms with E-state index in [4.69, 9.17) is 9.26 Å². The topological polar surface area (TPSA) is 65.2 Å². The fourth-order valence-electron chi connectivity index (χ4n) is 1.51. The van der Waals surface area contributed by atoms with Crippen LogP contribution in [0.25, 0.3) is 0 Å². The number of nitrogens with zero attached hydrogens (tertiary/aromatic N) is 2. The first kappa shape index (κ1) is 14.6. The van der Waals surface area contributed by atoms with Crippen LogP contribution in [0.15, 0.2) is 34.9 Å². The number of aromatic nitrogens is 2. The highest BCUT2D eigenvalue weighted by Crippen LogP contribution is 2.18. The number of aryl methyl sites for hydroxylation is 1. The summed E-state index contributed by atoms with van der Waals surface area (Å²) in [6.45, 7) is 3.57. The largest absolute Gasteiger partial charge is 0.455 e. The lowest BCUT2D eigenvalue weighted by Crippen LogP contribution is -2.17. The Kier molecular flexibility index (Phi) is 5.17. The second kappa shape index (κ2) is 7.09. The number of rotatable bonds is 6. The second-order valence-electron chi connectivity index (χ2n) is 4.28. The van der Waals surface area contributed by atoms with E-state index in [0.717, 1.165) is 5.75 Å². The van der Waals surface area contributed by atoms with Crippen LogP contribution in [0.1, 0.15) is 24.2 Å². The fraction of sp³-hybridized carbons (Fsp3) is 0.357. The van der Waals surface area contributed by atoms with E-state index >= 15 is 0 Å². The van der Waals surface area contributed by atoms with E-state index in [1.165, 1.54) is 17.3 Å². The number of ether oxygens (including phenoxy) is 1. The van der Waals surface area contributed by atoms with Gasteiger partial charge in [0.25, 0.3) is 5.89 Å². The van der Waals surface area contributed by atoms with Gasteiger partial charge in [-0.3, -0.25) is 4.79 Å². The lowest BCUT2D eigenvalue weighted by molar-refractivity contribution is -0.144. The molecular weight excluding hydrogens is 276 g/mol. The molecule has 20 heavy (non-hydrogen) atoms. The van der Waals surface area contributed by atoms with Crippen LogP contribution in [0.3, 0.4) is 0 Å². The molecule has 0 radical (unpaired) electrons. The van der Waals surface area contributed by atoms with Crippen molar-refractivity contribution in [3.05, 3.63) is 47.6 Å². The molecule has 1 heterocycles. The molecule has 1 aromatic heterocycles. The first-order valence-corrected chi connectivity index (χ1v) is 7.31. The van der Waals surface area contributed by atoms with Crippen LogP contribution in [0.5, 0.6) is 0 Å². The Bertz CT molecular complexity index is 557. The van der Waals surface area contributed by atoms with Gasteiger partial charge in [0.1, 0.15) is 0 Å².